The highest BCUT2D eigenvalue weighted by Crippen LogP contribution is 2.18. The predicted octanol–water partition coefficient (Wildman–Crippen LogP) is 4.84. The molecule has 0 aromatic carbocycles. The molecular weight excluding hydrogens is 376 g/mol. The standard InChI is InChI=1S/C21H46O6Si/c1-22-19-20-27-18-14-13-17-26-16-12-10-8-6-5-7-9-11-15-21-28(23-2,24-3)25-4/h5-21H2,1-4H3. The molecule has 0 unspecified atom stereocenters. The van der Waals surface area contributed by atoms with Gasteiger partial charge < -0.3 is 27.5 Å². The molecule has 170 valence electrons. The number of ether oxygens (including phenoxy) is 3. The van der Waals surface area contributed by atoms with Crippen molar-refractivity contribution in [1.29, 1.82) is 0 Å². The van der Waals surface area contributed by atoms with E-state index in [0.717, 1.165) is 45.1 Å². The molecule has 6 nitrogen and oxygen atoms in total. The first kappa shape index (κ1) is 28.0. The zero-order valence-electron chi connectivity index (χ0n) is 19.0. The van der Waals surface area contributed by atoms with E-state index in [1.165, 1.54) is 51.4 Å². The van der Waals surface area contributed by atoms with Gasteiger partial charge in [0.15, 0.2) is 0 Å². The summed E-state index contributed by atoms with van der Waals surface area (Å²) in [7, 11) is 4.40. The first-order chi connectivity index (χ1) is 13.7. The fraction of sp³-hybridized carbons (Fsp3) is 1.00. The lowest BCUT2D eigenvalue weighted by molar-refractivity contribution is 0.0625. The second-order valence-corrected chi connectivity index (χ2v) is 10.2. The molecule has 0 aliphatic heterocycles. The van der Waals surface area contributed by atoms with Crippen LogP contribution >= 0.6 is 0 Å². The highest BCUT2D eigenvalue weighted by molar-refractivity contribution is 6.60. The minimum absolute atomic E-state index is 0.676. The SMILES string of the molecule is COCCOCCCCOCCCCCCCCCCC[Si](OC)(OC)OC. The van der Waals surface area contributed by atoms with E-state index in [1.54, 1.807) is 28.4 Å². The van der Waals surface area contributed by atoms with Crippen LogP contribution < -0.4 is 0 Å². The second kappa shape index (κ2) is 21.7. The van der Waals surface area contributed by atoms with Gasteiger partial charge in [0.25, 0.3) is 0 Å². The Morgan fingerprint density at radius 3 is 1.29 bits per heavy atom. The maximum atomic E-state index is 5.68. The Hall–Kier alpha value is -0.0231. The van der Waals surface area contributed by atoms with Gasteiger partial charge in [0.05, 0.1) is 13.2 Å². The zero-order chi connectivity index (χ0) is 20.8. The lowest BCUT2D eigenvalue weighted by Crippen LogP contribution is -2.42. The molecule has 0 spiro atoms. The molecule has 0 saturated carbocycles. The number of unbranched alkanes of at least 4 members (excludes halogenated alkanes) is 9. The van der Waals surface area contributed by atoms with E-state index in [-0.39, 0.29) is 0 Å². The minimum atomic E-state index is -2.35. The summed E-state index contributed by atoms with van der Waals surface area (Å²) in [6.07, 6.45) is 13.6. The summed E-state index contributed by atoms with van der Waals surface area (Å²) < 4.78 is 32.4. The van der Waals surface area contributed by atoms with Crippen molar-refractivity contribution in [3.63, 3.8) is 0 Å². The number of hydrogen-bond acceptors (Lipinski definition) is 6. The molecule has 0 N–H and O–H groups in total. The summed E-state index contributed by atoms with van der Waals surface area (Å²) in [5.74, 6) is 0. The van der Waals surface area contributed by atoms with Crippen LogP contribution in [0.2, 0.25) is 6.04 Å². The maximum Gasteiger partial charge on any atom is 0.500 e. The quantitative estimate of drug-likeness (QED) is 0.174. The van der Waals surface area contributed by atoms with E-state index in [9.17, 15) is 0 Å². The van der Waals surface area contributed by atoms with E-state index >= 15 is 0 Å². The molecule has 0 aromatic rings. The van der Waals surface area contributed by atoms with Crippen LogP contribution in [-0.2, 0) is 27.5 Å². The second-order valence-electron chi connectivity index (χ2n) is 7.15. The summed E-state index contributed by atoms with van der Waals surface area (Å²) in [5, 5.41) is 0. The third kappa shape index (κ3) is 16.9. The van der Waals surface area contributed by atoms with Crippen molar-refractivity contribution in [2.45, 2.75) is 76.7 Å². The highest BCUT2D eigenvalue weighted by Gasteiger charge is 2.36. The van der Waals surface area contributed by atoms with Crippen molar-refractivity contribution < 1.29 is 27.5 Å². The Kier molecular flexibility index (Phi) is 21.7. The van der Waals surface area contributed by atoms with Crippen LogP contribution in [0.5, 0.6) is 0 Å². The van der Waals surface area contributed by atoms with Crippen LogP contribution in [0.3, 0.4) is 0 Å². The van der Waals surface area contributed by atoms with E-state index in [2.05, 4.69) is 0 Å². The molecule has 0 aliphatic carbocycles. The summed E-state index contributed by atoms with van der Waals surface area (Å²) in [6, 6.07) is 0.914. The topological polar surface area (TPSA) is 55.4 Å². The molecular formula is C21H46O6Si. The van der Waals surface area contributed by atoms with E-state index in [0.29, 0.717) is 13.2 Å². The van der Waals surface area contributed by atoms with Crippen LogP contribution in [0.1, 0.15) is 70.6 Å². The monoisotopic (exact) mass is 422 g/mol. The van der Waals surface area contributed by atoms with Gasteiger partial charge in [-0.3, -0.25) is 0 Å². The highest BCUT2D eigenvalue weighted by atomic mass is 28.4. The fourth-order valence-corrected chi connectivity index (χ4v) is 4.89. The largest absolute Gasteiger partial charge is 0.500 e. The van der Waals surface area contributed by atoms with Gasteiger partial charge in [-0.25, -0.2) is 0 Å². The Balaban J connectivity index is 3.18. The van der Waals surface area contributed by atoms with Gasteiger partial charge in [-0.1, -0.05) is 44.9 Å². The molecule has 0 rings (SSSR count). The third-order valence-corrected chi connectivity index (χ3v) is 7.80. The first-order valence-electron chi connectivity index (χ1n) is 11.0. The molecule has 0 fully saturated rings. The molecule has 0 aromatic heterocycles. The Bertz CT molecular complexity index is 294. The maximum absolute atomic E-state index is 5.68. The number of rotatable bonds is 23. The normalized spacial score (nSPS) is 12.0. The average molecular weight is 423 g/mol. The van der Waals surface area contributed by atoms with Gasteiger partial charge >= 0.3 is 8.80 Å². The van der Waals surface area contributed by atoms with E-state index < -0.39 is 8.80 Å². The van der Waals surface area contributed by atoms with Crippen LogP contribution in [0, 0.1) is 0 Å². The molecule has 0 bridgehead atoms. The Labute approximate surface area is 174 Å². The lowest BCUT2D eigenvalue weighted by Gasteiger charge is -2.24. The van der Waals surface area contributed by atoms with Crippen molar-refractivity contribution in [3.05, 3.63) is 0 Å². The van der Waals surface area contributed by atoms with Crippen LogP contribution in [0.4, 0.5) is 0 Å². The van der Waals surface area contributed by atoms with Crippen LogP contribution in [0.15, 0.2) is 0 Å². The van der Waals surface area contributed by atoms with Gasteiger partial charge in [-0.15, -0.1) is 0 Å². The number of methoxy groups -OCH3 is 1. The van der Waals surface area contributed by atoms with Crippen LogP contribution in [-0.4, -0.2) is 70.3 Å². The lowest BCUT2D eigenvalue weighted by atomic mass is 10.1. The van der Waals surface area contributed by atoms with Gasteiger partial charge in [0, 0.05) is 54.3 Å². The summed E-state index contributed by atoms with van der Waals surface area (Å²) in [5.41, 5.74) is 0. The molecule has 0 atom stereocenters. The summed E-state index contributed by atoms with van der Waals surface area (Å²) in [4.78, 5) is 0. The van der Waals surface area contributed by atoms with Crippen molar-refractivity contribution >= 4 is 8.80 Å². The average Bonchev–Trinajstić information content (AvgIpc) is 2.73. The molecule has 0 aliphatic rings. The van der Waals surface area contributed by atoms with Crippen molar-refractivity contribution in [2.24, 2.45) is 0 Å². The van der Waals surface area contributed by atoms with Crippen molar-refractivity contribution in [3.8, 4) is 0 Å². The predicted molar refractivity (Wildman–Crippen MR) is 116 cm³/mol. The van der Waals surface area contributed by atoms with Gasteiger partial charge in [0.2, 0.25) is 0 Å². The number of hydrogen-bond donors (Lipinski definition) is 0. The van der Waals surface area contributed by atoms with Gasteiger partial charge in [-0.2, -0.15) is 0 Å². The first-order valence-corrected chi connectivity index (χ1v) is 13.0. The minimum Gasteiger partial charge on any atom is -0.382 e. The van der Waals surface area contributed by atoms with Crippen molar-refractivity contribution in [2.75, 3.05) is 61.5 Å². The molecule has 0 radical (unpaired) electrons. The molecule has 0 saturated heterocycles. The third-order valence-electron chi connectivity index (χ3n) is 4.96. The Morgan fingerprint density at radius 1 is 0.429 bits per heavy atom. The zero-order valence-corrected chi connectivity index (χ0v) is 20.0. The van der Waals surface area contributed by atoms with Crippen LogP contribution in [0.25, 0.3) is 0 Å². The molecule has 28 heavy (non-hydrogen) atoms. The van der Waals surface area contributed by atoms with E-state index in [4.69, 9.17) is 27.5 Å². The Morgan fingerprint density at radius 2 is 0.821 bits per heavy atom. The molecule has 0 amide bonds. The molecule has 7 heteroatoms. The smallest absolute Gasteiger partial charge is 0.382 e. The summed E-state index contributed by atoms with van der Waals surface area (Å²) in [6.45, 7) is 3.92. The van der Waals surface area contributed by atoms with Gasteiger partial charge in [-0.05, 0) is 25.7 Å². The van der Waals surface area contributed by atoms with Crippen molar-refractivity contribution in [1.82, 2.24) is 0 Å². The molecule has 0 heterocycles. The summed E-state index contributed by atoms with van der Waals surface area (Å²) >= 11 is 0. The van der Waals surface area contributed by atoms with E-state index in [1.807, 2.05) is 0 Å². The fourth-order valence-electron chi connectivity index (χ4n) is 3.09. The van der Waals surface area contributed by atoms with Gasteiger partial charge in [0.1, 0.15) is 0 Å².